The van der Waals surface area contributed by atoms with Gasteiger partial charge in [-0.1, -0.05) is 25.7 Å². The summed E-state index contributed by atoms with van der Waals surface area (Å²) < 4.78 is 1.81. The van der Waals surface area contributed by atoms with E-state index in [2.05, 4.69) is 11.2 Å². The molecule has 2 N–H and O–H groups in total. The van der Waals surface area contributed by atoms with Gasteiger partial charge in [0.1, 0.15) is 5.82 Å². The molecule has 2 aliphatic carbocycles. The van der Waals surface area contributed by atoms with Gasteiger partial charge in [0.2, 0.25) is 0 Å². The molecule has 0 aromatic carbocycles. The number of hydrogen-bond acceptors (Lipinski definition) is 2. The fourth-order valence-corrected chi connectivity index (χ4v) is 3.85. The molecule has 1 heterocycles. The number of nitrogen functional groups attached to an aromatic ring is 1. The number of aromatic nitrogens is 2. The van der Waals surface area contributed by atoms with Crippen LogP contribution in [0, 0.1) is 11.8 Å². The Labute approximate surface area is 103 Å². The van der Waals surface area contributed by atoms with Gasteiger partial charge in [-0.15, -0.1) is 0 Å². The average molecular weight is 233 g/mol. The fourth-order valence-electron chi connectivity index (χ4n) is 3.85. The Kier molecular flexibility index (Phi) is 2.85. The van der Waals surface area contributed by atoms with Gasteiger partial charge < -0.3 is 5.73 Å². The van der Waals surface area contributed by atoms with Crippen molar-refractivity contribution in [3.05, 3.63) is 11.8 Å². The Hall–Kier alpha value is -0.990. The quantitative estimate of drug-likeness (QED) is 0.810. The van der Waals surface area contributed by atoms with Crippen LogP contribution in [-0.4, -0.2) is 9.78 Å². The van der Waals surface area contributed by atoms with E-state index in [1.807, 2.05) is 11.7 Å². The summed E-state index contributed by atoms with van der Waals surface area (Å²) >= 11 is 0. The lowest BCUT2D eigenvalue weighted by molar-refractivity contribution is 0.154. The number of nitrogens with two attached hydrogens (primary N) is 1. The summed E-state index contributed by atoms with van der Waals surface area (Å²) in [5.41, 5.74) is 7.11. The van der Waals surface area contributed by atoms with Crippen molar-refractivity contribution in [2.75, 3.05) is 5.73 Å². The zero-order valence-electron chi connectivity index (χ0n) is 10.7. The van der Waals surface area contributed by atoms with E-state index in [9.17, 15) is 0 Å². The van der Waals surface area contributed by atoms with Gasteiger partial charge in [0.25, 0.3) is 0 Å². The van der Waals surface area contributed by atoms with Crippen LogP contribution >= 0.6 is 0 Å². The van der Waals surface area contributed by atoms with E-state index in [1.165, 1.54) is 50.6 Å². The minimum absolute atomic E-state index is 0.665. The standard InChI is InChI=1S/C14H23N3/c1-17-14(15)9-13(16-17)12-7-6-10-4-2-3-5-11(10)8-12/h9-12H,2-8,15H2,1H3. The van der Waals surface area contributed by atoms with Gasteiger partial charge in [0.05, 0.1) is 5.69 Å². The third kappa shape index (κ3) is 2.07. The van der Waals surface area contributed by atoms with Crippen LogP contribution in [0.1, 0.15) is 56.6 Å². The molecule has 3 heteroatoms. The van der Waals surface area contributed by atoms with Crippen molar-refractivity contribution in [2.24, 2.45) is 18.9 Å². The number of rotatable bonds is 1. The monoisotopic (exact) mass is 233 g/mol. The Balaban J connectivity index is 1.73. The molecular weight excluding hydrogens is 210 g/mol. The van der Waals surface area contributed by atoms with Gasteiger partial charge in [-0.25, -0.2) is 0 Å². The van der Waals surface area contributed by atoms with Crippen LogP contribution in [0.3, 0.4) is 0 Å². The van der Waals surface area contributed by atoms with Crippen molar-refractivity contribution in [3.8, 4) is 0 Å². The number of nitrogens with zero attached hydrogens (tertiary/aromatic N) is 2. The number of anilines is 1. The van der Waals surface area contributed by atoms with E-state index in [1.54, 1.807) is 0 Å². The molecule has 1 aromatic heterocycles. The van der Waals surface area contributed by atoms with E-state index < -0.39 is 0 Å². The van der Waals surface area contributed by atoms with Crippen molar-refractivity contribution in [2.45, 2.75) is 50.9 Å². The molecule has 3 unspecified atom stereocenters. The molecule has 17 heavy (non-hydrogen) atoms. The SMILES string of the molecule is Cn1nc(C2CCC3CCCCC3C2)cc1N. The highest BCUT2D eigenvalue weighted by Gasteiger charge is 2.33. The maximum absolute atomic E-state index is 5.88. The predicted octanol–water partition coefficient (Wildman–Crippen LogP) is 3.08. The zero-order chi connectivity index (χ0) is 11.8. The van der Waals surface area contributed by atoms with Crippen LogP contribution in [-0.2, 0) is 7.05 Å². The van der Waals surface area contributed by atoms with Gasteiger partial charge in [0, 0.05) is 19.0 Å². The first-order chi connectivity index (χ1) is 8.24. The third-order valence-electron chi connectivity index (χ3n) is 4.89. The summed E-state index contributed by atoms with van der Waals surface area (Å²) in [5, 5.41) is 4.56. The van der Waals surface area contributed by atoms with Crippen molar-refractivity contribution in [1.82, 2.24) is 9.78 Å². The minimum atomic E-state index is 0.665. The molecule has 0 radical (unpaired) electrons. The van der Waals surface area contributed by atoms with Crippen molar-refractivity contribution >= 4 is 5.82 Å². The summed E-state index contributed by atoms with van der Waals surface area (Å²) in [6.07, 6.45) is 9.90. The first-order valence-electron chi connectivity index (χ1n) is 7.03. The number of fused-ring (bicyclic) bond motifs is 1. The topological polar surface area (TPSA) is 43.8 Å². The lowest BCUT2D eigenvalue weighted by Crippen LogP contribution is -2.27. The normalized spacial score (nSPS) is 33.4. The maximum Gasteiger partial charge on any atom is 0.121 e. The first kappa shape index (κ1) is 11.1. The molecule has 0 saturated heterocycles. The van der Waals surface area contributed by atoms with E-state index >= 15 is 0 Å². The maximum atomic E-state index is 5.88. The second-order valence-electron chi connectivity index (χ2n) is 5.93. The van der Waals surface area contributed by atoms with Crippen molar-refractivity contribution in [1.29, 1.82) is 0 Å². The van der Waals surface area contributed by atoms with Crippen LogP contribution in [0.2, 0.25) is 0 Å². The minimum Gasteiger partial charge on any atom is -0.384 e. The van der Waals surface area contributed by atoms with Crippen LogP contribution in [0.25, 0.3) is 0 Å². The van der Waals surface area contributed by atoms with Gasteiger partial charge >= 0.3 is 0 Å². The van der Waals surface area contributed by atoms with Crippen LogP contribution < -0.4 is 5.73 Å². The molecule has 3 rings (SSSR count). The molecule has 3 nitrogen and oxygen atoms in total. The van der Waals surface area contributed by atoms with E-state index in [4.69, 9.17) is 5.73 Å². The Bertz CT molecular complexity index is 377. The second-order valence-corrected chi connectivity index (χ2v) is 5.93. The molecule has 0 bridgehead atoms. The summed E-state index contributed by atoms with van der Waals surface area (Å²) in [5.74, 6) is 3.44. The molecule has 1 aromatic rings. The molecule has 2 saturated carbocycles. The molecule has 2 aliphatic rings. The van der Waals surface area contributed by atoms with Gasteiger partial charge in [-0.3, -0.25) is 4.68 Å². The molecule has 0 amide bonds. The number of aryl methyl sites for hydroxylation is 1. The van der Waals surface area contributed by atoms with Crippen LogP contribution in [0.15, 0.2) is 6.07 Å². The van der Waals surface area contributed by atoms with Crippen LogP contribution in [0.5, 0.6) is 0 Å². The second kappa shape index (κ2) is 4.35. The predicted molar refractivity (Wildman–Crippen MR) is 69.7 cm³/mol. The average Bonchev–Trinajstić information content (AvgIpc) is 2.69. The Morgan fingerprint density at radius 2 is 1.94 bits per heavy atom. The smallest absolute Gasteiger partial charge is 0.121 e. The molecular formula is C14H23N3. The highest BCUT2D eigenvalue weighted by Crippen LogP contribution is 2.45. The largest absolute Gasteiger partial charge is 0.384 e. The van der Waals surface area contributed by atoms with Gasteiger partial charge in [0.15, 0.2) is 0 Å². The summed E-state index contributed by atoms with van der Waals surface area (Å²) in [6, 6.07) is 2.08. The third-order valence-corrected chi connectivity index (χ3v) is 4.89. The Morgan fingerprint density at radius 1 is 1.18 bits per heavy atom. The highest BCUT2D eigenvalue weighted by molar-refractivity contribution is 5.32. The van der Waals surface area contributed by atoms with Gasteiger partial charge in [-0.2, -0.15) is 5.10 Å². The molecule has 0 aliphatic heterocycles. The number of hydrogen-bond donors (Lipinski definition) is 1. The summed E-state index contributed by atoms with van der Waals surface area (Å²) in [6.45, 7) is 0. The fraction of sp³-hybridized carbons (Fsp3) is 0.786. The zero-order valence-corrected chi connectivity index (χ0v) is 10.7. The molecule has 0 spiro atoms. The summed E-state index contributed by atoms with van der Waals surface area (Å²) in [7, 11) is 1.94. The lowest BCUT2D eigenvalue weighted by Gasteiger charge is -2.38. The molecule has 3 atom stereocenters. The molecule has 2 fully saturated rings. The van der Waals surface area contributed by atoms with E-state index in [-0.39, 0.29) is 0 Å². The van der Waals surface area contributed by atoms with Crippen LogP contribution in [0.4, 0.5) is 5.82 Å². The van der Waals surface area contributed by atoms with Gasteiger partial charge in [-0.05, 0) is 31.1 Å². The van der Waals surface area contributed by atoms with Crippen molar-refractivity contribution < 1.29 is 0 Å². The highest BCUT2D eigenvalue weighted by atomic mass is 15.3. The lowest BCUT2D eigenvalue weighted by atomic mass is 9.67. The molecule has 94 valence electrons. The first-order valence-corrected chi connectivity index (χ1v) is 7.03. The summed E-state index contributed by atoms with van der Waals surface area (Å²) in [4.78, 5) is 0. The Morgan fingerprint density at radius 3 is 2.65 bits per heavy atom. The van der Waals surface area contributed by atoms with Crippen molar-refractivity contribution in [3.63, 3.8) is 0 Å². The van der Waals surface area contributed by atoms with E-state index in [0.717, 1.165) is 17.7 Å². The van der Waals surface area contributed by atoms with E-state index in [0.29, 0.717) is 5.92 Å².